The predicted octanol–water partition coefficient (Wildman–Crippen LogP) is 3.16. The zero-order chi connectivity index (χ0) is 18.7. The zero-order valence-corrected chi connectivity index (χ0v) is 14.5. The molecule has 0 bridgehead atoms. The number of rotatable bonds is 7. The number of nitrogens with one attached hydrogen (secondary N) is 1. The molecule has 26 heavy (non-hydrogen) atoms. The van der Waals surface area contributed by atoms with E-state index < -0.39 is 23.3 Å². The van der Waals surface area contributed by atoms with Crippen LogP contribution in [0.15, 0.2) is 48.5 Å². The molecule has 0 heterocycles. The summed E-state index contributed by atoms with van der Waals surface area (Å²) in [5.41, 5.74) is 0.217. The van der Waals surface area contributed by atoms with Gasteiger partial charge in [-0.25, -0.2) is 9.18 Å². The smallest absolute Gasteiger partial charge is 0.346 e. The first-order chi connectivity index (χ1) is 12.4. The van der Waals surface area contributed by atoms with Crippen molar-refractivity contribution in [1.82, 2.24) is 5.32 Å². The van der Waals surface area contributed by atoms with Crippen LogP contribution in [0.4, 0.5) is 4.39 Å². The third-order valence-electron chi connectivity index (χ3n) is 4.40. The van der Waals surface area contributed by atoms with Gasteiger partial charge in [-0.3, -0.25) is 4.79 Å². The highest BCUT2D eigenvalue weighted by atomic mass is 35.5. The Kier molecular flexibility index (Phi) is 5.13. The Balaban J connectivity index is 1.63. The Hall–Kier alpha value is -2.60. The first kappa shape index (κ1) is 18.2. The van der Waals surface area contributed by atoms with Gasteiger partial charge in [-0.1, -0.05) is 23.7 Å². The summed E-state index contributed by atoms with van der Waals surface area (Å²) in [7, 11) is 0. The molecule has 2 aromatic rings. The van der Waals surface area contributed by atoms with Crippen molar-refractivity contribution < 1.29 is 23.8 Å². The van der Waals surface area contributed by atoms with Gasteiger partial charge >= 0.3 is 5.97 Å². The van der Waals surface area contributed by atoms with Crippen LogP contribution in [0, 0.1) is 5.82 Å². The molecule has 5 nitrogen and oxygen atoms in total. The molecule has 2 N–H and O–H groups in total. The van der Waals surface area contributed by atoms with E-state index in [1.165, 1.54) is 24.3 Å². The highest BCUT2D eigenvalue weighted by Gasteiger charge is 2.51. The van der Waals surface area contributed by atoms with Gasteiger partial charge in [0.25, 0.3) is 0 Å². The lowest BCUT2D eigenvalue weighted by molar-refractivity contribution is -0.145. The summed E-state index contributed by atoms with van der Waals surface area (Å²) < 4.78 is 18.3. The maximum Gasteiger partial charge on any atom is 0.346 e. The fourth-order valence-electron chi connectivity index (χ4n) is 2.75. The van der Waals surface area contributed by atoms with Gasteiger partial charge in [0.05, 0.1) is 12.0 Å². The summed E-state index contributed by atoms with van der Waals surface area (Å²) in [5.74, 6) is -1.69. The molecule has 0 radical (unpaired) electrons. The number of amides is 1. The fourth-order valence-corrected chi connectivity index (χ4v) is 2.88. The second-order valence-electron chi connectivity index (χ2n) is 6.20. The summed E-state index contributed by atoms with van der Waals surface area (Å²) in [6, 6.07) is 12.1. The number of benzene rings is 2. The van der Waals surface area contributed by atoms with E-state index in [1.54, 1.807) is 24.3 Å². The molecule has 0 spiro atoms. The largest absolute Gasteiger partial charge is 0.478 e. The summed E-state index contributed by atoms with van der Waals surface area (Å²) in [5, 5.41) is 12.5. The number of carboxylic acids is 1. The van der Waals surface area contributed by atoms with Crippen molar-refractivity contribution in [1.29, 1.82) is 0 Å². The van der Waals surface area contributed by atoms with Gasteiger partial charge in [0.1, 0.15) is 11.6 Å². The molecule has 3 rings (SSSR count). The van der Waals surface area contributed by atoms with E-state index in [0.29, 0.717) is 17.9 Å². The number of aliphatic carboxylic acids is 1. The van der Waals surface area contributed by atoms with E-state index in [2.05, 4.69) is 5.32 Å². The van der Waals surface area contributed by atoms with Crippen molar-refractivity contribution in [2.75, 3.05) is 6.54 Å². The molecule has 1 aliphatic carbocycles. The van der Waals surface area contributed by atoms with Gasteiger partial charge in [-0.15, -0.1) is 0 Å². The SMILES string of the molecule is O=C(O)C(CNC(=O)C1(c2ccc(Cl)cc2)CC1)Oc1ccc(F)cc1. The van der Waals surface area contributed by atoms with Crippen LogP contribution in [0.5, 0.6) is 5.75 Å². The average molecular weight is 378 g/mol. The van der Waals surface area contributed by atoms with Crippen LogP contribution in [0.3, 0.4) is 0 Å². The predicted molar refractivity (Wildman–Crippen MR) is 93.8 cm³/mol. The molecular formula is C19H17ClFNO4. The van der Waals surface area contributed by atoms with Gasteiger partial charge in [0.2, 0.25) is 12.0 Å². The van der Waals surface area contributed by atoms with Crippen molar-refractivity contribution in [3.05, 3.63) is 64.9 Å². The lowest BCUT2D eigenvalue weighted by Gasteiger charge is -2.19. The molecule has 1 aliphatic rings. The van der Waals surface area contributed by atoms with Crippen LogP contribution in [-0.4, -0.2) is 29.6 Å². The molecule has 0 aromatic heterocycles. The van der Waals surface area contributed by atoms with Gasteiger partial charge < -0.3 is 15.2 Å². The summed E-state index contributed by atoms with van der Waals surface area (Å²) in [6.45, 7) is -0.194. The molecule has 0 aliphatic heterocycles. The Labute approximate surface area is 154 Å². The number of carbonyl (C=O) groups excluding carboxylic acids is 1. The molecule has 1 fully saturated rings. The molecule has 0 saturated heterocycles. The Morgan fingerprint density at radius 3 is 2.31 bits per heavy atom. The van der Waals surface area contributed by atoms with Gasteiger partial charge in [-0.2, -0.15) is 0 Å². The van der Waals surface area contributed by atoms with E-state index >= 15 is 0 Å². The molecule has 1 unspecified atom stereocenters. The van der Waals surface area contributed by atoms with Crippen LogP contribution < -0.4 is 10.1 Å². The topological polar surface area (TPSA) is 75.6 Å². The third-order valence-corrected chi connectivity index (χ3v) is 4.65. The molecule has 7 heteroatoms. The summed E-state index contributed by atoms with van der Waals surface area (Å²) in [4.78, 5) is 24.0. The standard InChI is InChI=1S/C19H17ClFNO4/c20-13-3-1-12(2-4-13)19(9-10-19)18(25)22-11-16(17(23)24)26-15-7-5-14(21)6-8-15/h1-8,16H,9-11H2,(H,22,25)(H,23,24). The zero-order valence-electron chi connectivity index (χ0n) is 13.7. The quantitative estimate of drug-likeness (QED) is 0.777. The van der Waals surface area contributed by atoms with Gasteiger partial charge in [0, 0.05) is 5.02 Å². The Morgan fingerprint density at radius 1 is 1.15 bits per heavy atom. The third kappa shape index (κ3) is 3.96. The average Bonchev–Trinajstić information content (AvgIpc) is 3.42. The lowest BCUT2D eigenvalue weighted by Crippen LogP contribution is -2.44. The van der Waals surface area contributed by atoms with Crippen LogP contribution >= 0.6 is 11.6 Å². The minimum absolute atomic E-state index is 0.194. The van der Waals surface area contributed by atoms with Crippen LogP contribution in [0.25, 0.3) is 0 Å². The van der Waals surface area contributed by atoms with Gasteiger partial charge in [-0.05, 0) is 54.8 Å². The molecule has 1 atom stereocenters. The van der Waals surface area contributed by atoms with Crippen molar-refractivity contribution in [3.63, 3.8) is 0 Å². The van der Waals surface area contributed by atoms with E-state index in [4.69, 9.17) is 16.3 Å². The number of hydrogen-bond acceptors (Lipinski definition) is 3. The van der Waals surface area contributed by atoms with Crippen molar-refractivity contribution in [2.45, 2.75) is 24.4 Å². The van der Waals surface area contributed by atoms with E-state index in [1.807, 2.05) is 0 Å². The van der Waals surface area contributed by atoms with Crippen LogP contribution in [0.2, 0.25) is 5.02 Å². The number of carbonyl (C=O) groups is 2. The second-order valence-corrected chi connectivity index (χ2v) is 6.63. The monoisotopic (exact) mass is 377 g/mol. The summed E-state index contributed by atoms with van der Waals surface area (Å²) in [6.07, 6.45) is 0.110. The first-order valence-corrected chi connectivity index (χ1v) is 8.48. The Morgan fingerprint density at radius 2 is 1.77 bits per heavy atom. The summed E-state index contributed by atoms with van der Waals surface area (Å²) >= 11 is 5.88. The minimum atomic E-state index is -1.27. The molecular weight excluding hydrogens is 361 g/mol. The molecule has 1 amide bonds. The van der Waals surface area contributed by atoms with Crippen LogP contribution in [-0.2, 0) is 15.0 Å². The van der Waals surface area contributed by atoms with E-state index in [-0.39, 0.29) is 18.2 Å². The Bertz CT molecular complexity index is 803. The molecule has 136 valence electrons. The van der Waals surface area contributed by atoms with Gasteiger partial charge in [0.15, 0.2) is 0 Å². The molecule has 2 aromatic carbocycles. The van der Waals surface area contributed by atoms with Crippen molar-refractivity contribution >= 4 is 23.5 Å². The number of ether oxygens (including phenoxy) is 1. The van der Waals surface area contributed by atoms with E-state index in [0.717, 1.165) is 5.56 Å². The lowest BCUT2D eigenvalue weighted by atomic mass is 9.95. The molecule has 1 saturated carbocycles. The highest BCUT2D eigenvalue weighted by molar-refractivity contribution is 6.30. The highest BCUT2D eigenvalue weighted by Crippen LogP contribution is 2.48. The second kappa shape index (κ2) is 7.33. The van der Waals surface area contributed by atoms with Crippen LogP contribution in [0.1, 0.15) is 18.4 Å². The van der Waals surface area contributed by atoms with Crippen molar-refractivity contribution in [2.24, 2.45) is 0 Å². The van der Waals surface area contributed by atoms with E-state index in [9.17, 15) is 19.1 Å². The first-order valence-electron chi connectivity index (χ1n) is 8.10. The normalized spacial score (nSPS) is 15.8. The minimum Gasteiger partial charge on any atom is -0.478 e. The number of carboxylic acid groups (broad SMARTS) is 1. The number of hydrogen-bond donors (Lipinski definition) is 2. The fraction of sp³-hybridized carbons (Fsp3) is 0.263. The maximum absolute atomic E-state index is 12.9. The maximum atomic E-state index is 12.9. The van der Waals surface area contributed by atoms with Crippen molar-refractivity contribution in [3.8, 4) is 5.75 Å². The number of halogens is 2.